The second kappa shape index (κ2) is 9.07. The normalized spacial score (nSPS) is 15.2. The Kier molecular flexibility index (Phi) is 6.50. The molecule has 0 atom stereocenters. The largest absolute Gasteiger partial charge is 0.504 e. The van der Waals surface area contributed by atoms with E-state index >= 15 is 0 Å². The molecule has 3 rings (SSSR count). The molecular weight excluding hydrogens is 416 g/mol. The number of methoxy groups -OCH3 is 1. The second-order valence-corrected chi connectivity index (χ2v) is 8.16. The van der Waals surface area contributed by atoms with Crippen LogP contribution in [-0.4, -0.2) is 62.4 Å². The van der Waals surface area contributed by atoms with Crippen LogP contribution < -0.4 is 10.2 Å². The number of hydrogen-bond acceptors (Lipinski definition) is 9. The van der Waals surface area contributed by atoms with Gasteiger partial charge in [0.15, 0.2) is 11.5 Å². The molecule has 0 bridgehead atoms. The van der Waals surface area contributed by atoms with Gasteiger partial charge in [-0.1, -0.05) is 6.07 Å². The van der Waals surface area contributed by atoms with Crippen LogP contribution in [0.25, 0.3) is 0 Å². The number of ether oxygens (including phenoxy) is 2. The van der Waals surface area contributed by atoms with E-state index in [9.17, 15) is 23.6 Å². The average Bonchev–Trinajstić information content (AvgIpc) is 2.75. The fourth-order valence-corrected chi connectivity index (χ4v) is 4.26. The third kappa shape index (κ3) is 4.50. The van der Waals surface area contributed by atoms with E-state index in [0.29, 0.717) is 5.56 Å². The molecule has 1 aliphatic rings. The highest BCUT2D eigenvalue weighted by Gasteiger charge is 2.28. The van der Waals surface area contributed by atoms with Crippen molar-refractivity contribution in [2.24, 2.45) is 5.10 Å². The number of nitrogens with zero attached hydrogens (tertiary/aromatic N) is 3. The van der Waals surface area contributed by atoms with E-state index in [1.165, 1.54) is 29.8 Å². The van der Waals surface area contributed by atoms with Gasteiger partial charge in [0.1, 0.15) is 5.69 Å². The smallest absolute Gasteiger partial charge is 0.295 e. The highest BCUT2D eigenvalue weighted by Crippen LogP contribution is 2.30. The molecule has 2 aromatic rings. The van der Waals surface area contributed by atoms with Crippen LogP contribution in [0.15, 0.2) is 46.4 Å². The lowest BCUT2D eigenvalue weighted by Gasteiger charge is -2.26. The van der Waals surface area contributed by atoms with Crippen molar-refractivity contribution in [2.45, 2.75) is 4.90 Å². The van der Waals surface area contributed by atoms with Gasteiger partial charge in [0.05, 0.1) is 36.4 Å². The van der Waals surface area contributed by atoms with Crippen molar-refractivity contribution in [2.75, 3.05) is 38.8 Å². The van der Waals surface area contributed by atoms with Gasteiger partial charge in [-0.3, -0.25) is 15.5 Å². The van der Waals surface area contributed by atoms with Gasteiger partial charge >= 0.3 is 0 Å². The number of hydrazone groups is 1. The zero-order valence-electron chi connectivity index (χ0n) is 16.0. The van der Waals surface area contributed by atoms with Crippen LogP contribution >= 0.6 is 0 Å². The first-order valence-electron chi connectivity index (χ1n) is 8.86. The summed E-state index contributed by atoms with van der Waals surface area (Å²) in [6.07, 6.45) is 1.26. The molecule has 0 saturated carbocycles. The first-order valence-corrected chi connectivity index (χ1v) is 10.3. The Morgan fingerprint density at radius 3 is 2.70 bits per heavy atom. The van der Waals surface area contributed by atoms with Gasteiger partial charge in [-0.2, -0.15) is 9.41 Å². The zero-order chi connectivity index (χ0) is 21.7. The average molecular weight is 436 g/mol. The van der Waals surface area contributed by atoms with Crippen LogP contribution in [0.1, 0.15) is 5.56 Å². The molecule has 2 aromatic carbocycles. The molecule has 2 N–H and O–H groups in total. The highest BCUT2D eigenvalue weighted by atomic mass is 32.2. The van der Waals surface area contributed by atoms with Crippen LogP contribution in [0.5, 0.6) is 11.5 Å². The lowest BCUT2D eigenvalue weighted by atomic mass is 10.2. The van der Waals surface area contributed by atoms with Crippen molar-refractivity contribution in [3.05, 3.63) is 52.1 Å². The van der Waals surface area contributed by atoms with Crippen molar-refractivity contribution in [1.82, 2.24) is 4.31 Å². The molecule has 1 heterocycles. The van der Waals surface area contributed by atoms with Gasteiger partial charge in [-0.05, 0) is 24.3 Å². The fraction of sp³-hybridized carbons (Fsp3) is 0.278. The van der Waals surface area contributed by atoms with Crippen molar-refractivity contribution in [3.63, 3.8) is 0 Å². The molecule has 1 aliphatic heterocycles. The number of anilines is 1. The molecule has 1 saturated heterocycles. The lowest BCUT2D eigenvalue weighted by molar-refractivity contribution is -0.384. The maximum absolute atomic E-state index is 12.7. The third-order valence-corrected chi connectivity index (χ3v) is 6.31. The summed E-state index contributed by atoms with van der Waals surface area (Å²) in [6, 6.07) is 8.33. The summed E-state index contributed by atoms with van der Waals surface area (Å²) in [5.74, 6) is 0.120. The monoisotopic (exact) mass is 436 g/mol. The second-order valence-electron chi connectivity index (χ2n) is 6.22. The first kappa shape index (κ1) is 21.5. The summed E-state index contributed by atoms with van der Waals surface area (Å²) in [4.78, 5) is 10.6. The van der Waals surface area contributed by atoms with E-state index in [2.05, 4.69) is 10.5 Å². The summed E-state index contributed by atoms with van der Waals surface area (Å²) in [5, 5.41) is 25.4. The van der Waals surface area contributed by atoms with E-state index in [1.807, 2.05) is 0 Å². The maximum atomic E-state index is 12.7. The third-order valence-electron chi connectivity index (χ3n) is 4.41. The highest BCUT2D eigenvalue weighted by molar-refractivity contribution is 7.89. The van der Waals surface area contributed by atoms with Crippen molar-refractivity contribution in [1.29, 1.82) is 0 Å². The van der Waals surface area contributed by atoms with Gasteiger partial charge in [0.25, 0.3) is 5.69 Å². The zero-order valence-corrected chi connectivity index (χ0v) is 16.8. The number of rotatable bonds is 7. The van der Waals surface area contributed by atoms with E-state index < -0.39 is 20.6 Å². The van der Waals surface area contributed by atoms with E-state index in [1.54, 1.807) is 18.2 Å². The number of nitrogens with one attached hydrogen (secondary N) is 1. The van der Waals surface area contributed by atoms with E-state index in [-0.39, 0.29) is 48.4 Å². The van der Waals surface area contributed by atoms with E-state index in [4.69, 9.17) is 9.47 Å². The summed E-state index contributed by atoms with van der Waals surface area (Å²) in [6.45, 7) is 0.911. The lowest BCUT2D eigenvalue weighted by Crippen LogP contribution is -2.40. The Morgan fingerprint density at radius 2 is 2.03 bits per heavy atom. The van der Waals surface area contributed by atoms with Crippen LogP contribution in [0.2, 0.25) is 0 Å². The minimum absolute atomic E-state index is 0.000404. The Morgan fingerprint density at radius 1 is 1.30 bits per heavy atom. The molecule has 1 fully saturated rings. The summed E-state index contributed by atoms with van der Waals surface area (Å²) in [7, 11) is -2.47. The number of benzene rings is 2. The number of sulfonamides is 1. The number of para-hydroxylation sites is 1. The molecule has 160 valence electrons. The molecule has 11 nitrogen and oxygen atoms in total. The van der Waals surface area contributed by atoms with Gasteiger partial charge in [-0.15, -0.1) is 0 Å². The number of hydrogen-bond donors (Lipinski definition) is 2. The maximum Gasteiger partial charge on any atom is 0.295 e. The van der Waals surface area contributed by atoms with Crippen LogP contribution in [0, 0.1) is 10.1 Å². The van der Waals surface area contributed by atoms with Crippen molar-refractivity contribution < 1.29 is 27.9 Å². The molecule has 0 amide bonds. The first-order chi connectivity index (χ1) is 14.3. The topological polar surface area (TPSA) is 144 Å². The number of morpholine rings is 1. The number of phenolic OH excluding ortho intramolecular Hbond substituents is 1. The van der Waals surface area contributed by atoms with Crippen LogP contribution in [-0.2, 0) is 14.8 Å². The molecule has 12 heteroatoms. The number of phenols is 1. The quantitative estimate of drug-likeness (QED) is 0.380. The Bertz CT molecular complexity index is 1070. The number of nitro groups is 1. The predicted molar refractivity (Wildman–Crippen MR) is 109 cm³/mol. The van der Waals surface area contributed by atoms with Crippen LogP contribution in [0.4, 0.5) is 11.4 Å². The number of nitro benzene ring substituents is 1. The molecule has 0 aliphatic carbocycles. The van der Waals surface area contributed by atoms with Gasteiger partial charge in [0, 0.05) is 24.7 Å². The summed E-state index contributed by atoms with van der Waals surface area (Å²) >= 11 is 0. The minimum atomic E-state index is -3.88. The standard InChI is InChI=1S/C18H20N4O7S/c1-28-17-4-2-3-13(18(17)23)12-19-20-15-6-5-14(11-16(15)22(24)25)30(26,27)21-7-9-29-10-8-21/h2-6,11-12,20,23H,7-10H2,1H3. The van der Waals surface area contributed by atoms with Crippen LogP contribution in [0.3, 0.4) is 0 Å². The Labute approximate surface area is 172 Å². The predicted octanol–water partition coefficient (Wildman–Crippen LogP) is 1.78. The molecule has 0 aromatic heterocycles. The van der Waals surface area contributed by atoms with Gasteiger partial charge in [0.2, 0.25) is 10.0 Å². The molecule has 0 unspecified atom stereocenters. The van der Waals surface area contributed by atoms with Crippen molar-refractivity contribution >= 4 is 27.6 Å². The SMILES string of the molecule is COc1cccc(C=NNc2ccc(S(=O)(=O)N3CCOCC3)cc2[N+](=O)[O-])c1O. The number of aromatic hydroxyl groups is 1. The van der Waals surface area contributed by atoms with Crippen molar-refractivity contribution in [3.8, 4) is 11.5 Å². The van der Waals surface area contributed by atoms with Gasteiger partial charge in [-0.25, -0.2) is 8.42 Å². The van der Waals surface area contributed by atoms with Gasteiger partial charge < -0.3 is 14.6 Å². The molecule has 0 spiro atoms. The summed E-state index contributed by atoms with van der Waals surface area (Å²) < 4.78 is 36.8. The summed E-state index contributed by atoms with van der Waals surface area (Å²) in [5.41, 5.74) is 2.39. The molecular formula is C18H20N4O7S. The van der Waals surface area contributed by atoms with E-state index in [0.717, 1.165) is 6.07 Å². The Balaban J connectivity index is 1.85. The fourth-order valence-electron chi connectivity index (χ4n) is 2.83. The minimum Gasteiger partial charge on any atom is -0.504 e. The Hall–Kier alpha value is -3.22. The molecule has 0 radical (unpaired) electrons. The molecule has 30 heavy (non-hydrogen) atoms.